The van der Waals surface area contributed by atoms with Crippen LogP contribution in [-0.4, -0.2) is 75.9 Å². The van der Waals surface area contributed by atoms with E-state index in [-0.39, 0.29) is 17.1 Å². The lowest BCUT2D eigenvalue weighted by Crippen LogP contribution is -2.60. The Morgan fingerprint density at radius 1 is 1.58 bits per heavy atom. The third kappa shape index (κ3) is 4.24. The summed E-state index contributed by atoms with van der Waals surface area (Å²) in [4.78, 5) is 52.1. The summed E-state index contributed by atoms with van der Waals surface area (Å²) in [6, 6.07) is -1.13. The molecule has 1 amide bonds. The number of aliphatic hydroxyl groups excluding tert-OH is 2. The minimum Gasteiger partial charge on any atom is -0.387 e. The maximum atomic E-state index is 12.0. The highest BCUT2D eigenvalue weighted by Crippen LogP contribution is 2.44. The Balaban J connectivity index is 2.06. The van der Waals surface area contributed by atoms with Crippen LogP contribution in [0.15, 0.2) is 23.8 Å². The lowest BCUT2D eigenvalue weighted by molar-refractivity contribution is -0.146. The maximum Gasteiger partial charge on any atom is 0.469 e. The van der Waals surface area contributed by atoms with E-state index in [0.29, 0.717) is 0 Å². The van der Waals surface area contributed by atoms with Gasteiger partial charge in [0.1, 0.15) is 17.8 Å². The first-order valence-electron chi connectivity index (χ1n) is 8.79. The smallest absolute Gasteiger partial charge is 0.387 e. The number of nitrogens with zero attached hydrogens (tertiary/aromatic N) is 3. The van der Waals surface area contributed by atoms with Crippen molar-refractivity contribution in [1.29, 1.82) is 0 Å². The summed E-state index contributed by atoms with van der Waals surface area (Å²) in [7, 11) is -5.02. The van der Waals surface area contributed by atoms with E-state index in [1.54, 1.807) is 0 Å². The fraction of sp³-hybridized carbons (Fsp3) is 0.467. The summed E-state index contributed by atoms with van der Waals surface area (Å²) in [5, 5.41) is 23.9. The standard InChI is InChI=1S/C15H21N6O9P/c1-3-7(22)18-6(2)15(4-29-31(26,27)28)10(24)9(23)13(30-15)21-5-17-8-11(21)19-14(16)20-12(8)25/h3,5-6,9-10,13,23-24H,1,4H2,2H3,(H,18,22)(H2,26,27,28)(H3,16,19,20,25)/t6?,9-,10+,13-,15+/m1/s1. The third-order valence-corrected chi connectivity index (χ3v) is 5.38. The van der Waals surface area contributed by atoms with Gasteiger partial charge in [0, 0.05) is 0 Å². The minimum atomic E-state index is -5.02. The molecule has 2 aromatic heterocycles. The van der Waals surface area contributed by atoms with Crippen LogP contribution in [0.1, 0.15) is 13.2 Å². The predicted octanol–water partition coefficient (Wildman–Crippen LogP) is -2.51. The largest absolute Gasteiger partial charge is 0.469 e. The number of ether oxygens (including phenoxy) is 1. The van der Waals surface area contributed by atoms with Crippen LogP contribution >= 0.6 is 7.82 Å². The van der Waals surface area contributed by atoms with Crippen LogP contribution in [0.2, 0.25) is 0 Å². The number of hydrogen-bond donors (Lipinski definition) is 7. The van der Waals surface area contributed by atoms with Gasteiger partial charge >= 0.3 is 7.82 Å². The summed E-state index contributed by atoms with van der Waals surface area (Å²) >= 11 is 0. The van der Waals surface area contributed by atoms with Crippen LogP contribution in [0.25, 0.3) is 11.2 Å². The summed E-state index contributed by atoms with van der Waals surface area (Å²) in [6.07, 6.45) is -2.90. The molecule has 3 heterocycles. The number of imidazole rings is 1. The van der Waals surface area contributed by atoms with E-state index >= 15 is 0 Å². The molecule has 8 N–H and O–H groups in total. The number of nitrogens with two attached hydrogens (primary N) is 1. The number of phosphoric acid groups is 1. The Kier molecular flexibility index (Phi) is 6.03. The van der Waals surface area contributed by atoms with E-state index in [0.717, 1.165) is 17.0 Å². The number of phosphoric ester groups is 1. The van der Waals surface area contributed by atoms with Gasteiger partial charge in [-0.05, 0) is 13.0 Å². The number of aromatic nitrogens is 4. The van der Waals surface area contributed by atoms with E-state index in [2.05, 4.69) is 31.4 Å². The SMILES string of the molecule is C=CC(=O)NC(C)[C@]1(COP(=O)(O)O)O[C@@H](n2cnc3c(=O)[nH]c(N)nc32)[C@H](O)[C@@H]1O. The van der Waals surface area contributed by atoms with Gasteiger partial charge in [0.05, 0.1) is 19.0 Å². The molecule has 2 aromatic rings. The number of H-pyrrole nitrogens is 1. The molecule has 0 spiro atoms. The molecule has 5 atom stereocenters. The number of nitrogens with one attached hydrogen (secondary N) is 2. The van der Waals surface area contributed by atoms with Crippen molar-refractivity contribution in [3.63, 3.8) is 0 Å². The summed E-state index contributed by atoms with van der Waals surface area (Å²) in [5.74, 6) is -0.916. The normalized spacial score (nSPS) is 27.3. The number of aromatic amines is 1. The molecule has 15 nitrogen and oxygen atoms in total. The van der Waals surface area contributed by atoms with Crippen molar-refractivity contribution in [3.05, 3.63) is 29.3 Å². The second kappa shape index (κ2) is 8.12. The predicted molar refractivity (Wildman–Crippen MR) is 103 cm³/mol. The number of nitrogen functional groups attached to an aromatic ring is 1. The molecular formula is C15H21N6O9P. The first-order chi connectivity index (χ1) is 14.4. The second-order valence-corrected chi connectivity index (χ2v) is 8.11. The summed E-state index contributed by atoms with van der Waals surface area (Å²) < 4.78 is 22.8. The third-order valence-electron chi connectivity index (χ3n) is 4.92. The van der Waals surface area contributed by atoms with Gasteiger partial charge in [0.2, 0.25) is 11.9 Å². The zero-order chi connectivity index (χ0) is 23.1. The molecule has 16 heteroatoms. The minimum absolute atomic E-state index is 0.0769. The molecule has 0 saturated carbocycles. The molecule has 1 saturated heterocycles. The fourth-order valence-electron chi connectivity index (χ4n) is 3.34. The van der Waals surface area contributed by atoms with E-state index in [9.17, 15) is 24.4 Å². The number of aliphatic hydroxyl groups is 2. The second-order valence-electron chi connectivity index (χ2n) is 6.87. The van der Waals surface area contributed by atoms with Crippen molar-refractivity contribution < 1.29 is 38.6 Å². The number of carbonyl (C=O) groups excluding carboxylic acids is 1. The summed E-state index contributed by atoms with van der Waals surface area (Å²) in [6.45, 7) is 3.76. The first-order valence-corrected chi connectivity index (χ1v) is 10.3. The van der Waals surface area contributed by atoms with Crippen LogP contribution in [0, 0.1) is 0 Å². The molecule has 0 aromatic carbocycles. The Morgan fingerprint density at radius 3 is 2.87 bits per heavy atom. The lowest BCUT2D eigenvalue weighted by Gasteiger charge is -2.37. The topological polar surface area (TPSA) is 235 Å². The van der Waals surface area contributed by atoms with Crippen LogP contribution in [-0.2, 0) is 18.6 Å². The first kappa shape index (κ1) is 23.0. The van der Waals surface area contributed by atoms with Gasteiger partial charge < -0.3 is 35.8 Å². The zero-order valence-electron chi connectivity index (χ0n) is 16.1. The molecule has 1 aliphatic heterocycles. The monoisotopic (exact) mass is 460 g/mol. The van der Waals surface area contributed by atoms with Crippen molar-refractivity contribution in [2.45, 2.75) is 37.0 Å². The van der Waals surface area contributed by atoms with E-state index in [1.165, 1.54) is 6.92 Å². The van der Waals surface area contributed by atoms with Crippen molar-refractivity contribution >= 4 is 30.8 Å². The Morgan fingerprint density at radius 2 is 2.26 bits per heavy atom. The maximum absolute atomic E-state index is 12.0. The number of hydrogen-bond acceptors (Lipinski definition) is 10. The molecule has 1 unspecified atom stereocenters. The molecule has 1 aliphatic rings. The molecule has 0 radical (unpaired) electrons. The van der Waals surface area contributed by atoms with Crippen LogP contribution in [0.4, 0.5) is 5.95 Å². The highest BCUT2D eigenvalue weighted by molar-refractivity contribution is 7.46. The average molecular weight is 460 g/mol. The number of fused-ring (bicyclic) bond motifs is 1. The van der Waals surface area contributed by atoms with E-state index in [1.807, 2.05) is 0 Å². The Labute approximate surface area is 173 Å². The van der Waals surface area contributed by atoms with Crippen molar-refractivity contribution in [1.82, 2.24) is 24.8 Å². The van der Waals surface area contributed by atoms with Gasteiger partial charge in [-0.15, -0.1) is 0 Å². The molecule has 3 rings (SSSR count). The van der Waals surface area contributed by atoms with Gasteiger partial charge in [-0.25, -0.2) is 9.55 Å². The number of anilines is 1. The molecule has 170 valence electrons. The van der Waals surface area contributed by atoms with Gasteiger partial charge in [0.15, 0.2) is 17.4 Å². The Hall–Kier alpha value is -2.65. The molecular weight excluding hydrogens is 439 g/mol. The van der Waals surface area contributed by atoms with Crippen molar-refractivity contribution in [2.75, 3.05) is 12.3 Å². The van der Waals surface area contributed by atoms with Gasteiger partial charge in [-0.3, -0.25) is 23.7 Å². The van der Waals surface area contributed by atoms with E-state index < -0.39 is 56.0 Å². The van der Waals surface area contributed by atoms with Crippen LogP contribution in [0.3, 0.4) is 0 Å². The Bertz CT molecular complexity index is 1110. The quantitative estimate of drug-likeness (QED) is 0.168. The number of carbonyl (C=O) groups is 1. The fourth-order valence-corrected chi connectivity index (χ4v) is 3.71. The highest BCUT2D eigenvalue weighted by Gasteiger charge is 2.59. The number of rotatable bonds is 7. The van der Waals surface area contributed by atoms with Gasteiger partial charge in [0.25, 0.3) is 5.56 Å². The lowest BCUT2D eigenvalue weighted by atomic mass is 9.89. The summed E-state index contributed by atoms with van der Waals surface area (Å²) in [5.41, 5.74) is 2.68. The van der Waals surface area contributed by atoms with E-state index in [4.69, 9.17) is 20.3 Å². The van der Waals surface area contributed by atoms with Gasteiger partial charge in [-0.1, -0.05) is 6.58 Å². The molecule has 31 heavy (non-hydrogen) atoms. The molecule has 0 aliphatic carbocycles. The van der Waals surface area contributed by atoms with Crippen LogP contribution < -0.4 is 16.6 Å². The number of amides is 1. The average Bonchev–Trinajstić information content (AvgIpc) is 3.20. The van der Waals surface area contributed by atoms with Crippen molar-refractivity contribution in [2.24, 2.45) is 0 Å². The van der Waals surface area contributed by atoms with Gasteiger partial charge in [-0.2, -0.15) is 4.98 Å². The molecule has 1 fully saturated rings. The highest BCUT2D eigenvalue weighted by atomic mass is 31.2. The zero-order valence-corrected chi connectivity index (χ0v) is 17.0. The van der Waals surface area contributed by atoms with Crippen LogP contribution in [0.5, 0.6) is 0 Å². The van der Waals surface area contributed by atoms with Crippen molar-refractivity contribution in [3.8, 4) is 0 Å². The molecule has 0 bridgehead atoms.